The number of halogens is 1. The van der Waals surface area contributed by atoms with Crippen molar-refractivity contribution in [3.63, 3.8) is 0 Å². The molecule has 1 nitrogen and oxygen atoms in total. The predicted molar refractivity (Wildman–Crippen MR) is 76.6 cm³/mol. The molecule has 0 amide bonds. The fraction of sp³-hybridized carbons (Fsp3) is 0.286. The van der Waals surface area contributed by atoms with Gasteiger partial charge in [-0.05, 0) is 51.8 Å². The average Bonchev–Trinajstić information content (AvgIpc) is 2.70. The summed E-state index contributed by atoms with van der Waals surface area (Å²) in [4.78, 5) is 0. The molecule has 1 atom stereocenters. The van der Waals surface area contributed by atoms with Crippen molar-refractivity contribution in [2.75, 3.05) is 0 Å². The van der Waals surface area contributed by atoms with Gasteiger partial charge in [-0.2, -0.15) is 11.3 Å². The van der Waals surface area contributed by atoms with Gasteiger partial charge in [-0.25, -0.2) is 0 Å². The van der Waals surface area contributed by atoms with Gasteiger partial charge in [0.15, 0.2) is 0 Å². The smallest absolute Gasteiger partial charge is 0.0849 e. The zero-order valence-electron chi connectivity index (χ0n) is 9.90. The van der Waals surface area contributed by atoms with Gasteiger partial charge >= 0.3 is 0 Å². The molecule has 0 aliphatic rings. The maximum absolute atomic E-state index is 10.2. The normalized spacial score (nSPS) is 12.7. The number of hydrogen-bond donors (Lipinski definition) is 1. The summed E-state index contributed by atoms with van der Waals surface area (Å²) in [6.07, 6.45) is 0.230. The molecule has 0 saturated carbocycles. The van der Waals surface area contributed by atoms with Crippen molar-refractivity contribution in [1.82, 2.24) is 0 Å². The molecule has 0 saturated heterocycles. The first kappa shape index (κ1) is 12.8. The fourth-order valence-electron chi connectivity index (χ4n) is 1.79. The Labute approximate surface area is 114 Å². The van der Waals surface area contributed by atoms with E-state index in [1.54, 1.807) is 11.3 Å². The molecule has 17 heavy (non-hydrogen) atoms. The minimum absolute atomic E-state index is 0.433. The van der Waals surface area contributed by atoms with Crippen molar-refractivity contribution >= 4 is 27.3 Å². The van der Waals surface area contributed by atoms with Gasteiger partial charge in [0.2, 0.25) is 0 Å². The molecule has 0 aliphatic heterocycles. The van der Waals surface area contributed by atoms with Crippen molar-refractivity contribution < 1.29 is 5.11 Å². The quantitative estimate of drug-likeness (QED) is 0.890. The van der Waals surface area contributed by atoms with Gasteiger partial charge in [0.05, 0.1) is 6.10 Å². The number of rotatable bonds is 3. The maximum Gasteiger partial charge on any atom is 0.0849 e. The minimum Gasteiger partial charge on any atom is -0.388 e. The van der Waals surface area contributed by atoms with Crippen LogP contribution in [0, 0.1) is 13.8 Å². The highest BCUT2D eigenvalue weighted by molar-refractivity contribution is 9.10. The molecule has 2 rings (SSSR count). The topological polar surface area (TPSA) is 20.2 Å². The molecule has 90 valence electrons. The van der Waals surface area contributed by atoms with Crippen LogP contribution in [-0.4, -0.2) is 5.11 Å². The van der Waals surface area contributed by atoms with Gasteiger partial charge in [0.1, 0.15) is 0 Å². The van der Waals surface area contributed by atoms with E-state index in [0.717, 1.165) is 10.0 Å². The Kier molecular flexibility index (Phi) is 4.02. The van der Waals surface area contributed by atoms with Crippen LogP contribution in [0.5, 0.6) is 0 Å². The lowest BCUT2D eigenvalue weighted by molar-refractivity contribution is 0.178. The van der Waals surface area contributed by atoms with Crippen molar-refractivity contribution in [3.8, 4) is 0 Å². The average molecular weight is 311 g/mol. The molecular formula is C14H15BrOS. The van der Waals surface area contributed by atoms with E-state index in [1.807, 2.05) is 10.8 Å². The van der Waals surface area contributed by atoms with Crippen LogP contribution >= 0.6 is 27.3 Å². The largest absolute Gasteiger partial charge is 0.388 e. The third-order valence-corrected chi connectivity index (χ3v) is 4.75. The molecule has 0 aliphatic carbocycles. The van der Waals surface area contributed by atoms with E-state index in [2.05, 4.69) is 48.0 Å². The Balaban J connectivity index is 2.16. The first-order chi connectivity index (χ1) is 8.08. The Morgan fingerprint density at radius 2 is 2.00 bits per heavy atom. The van der Waals surface area contributed by atoms with Crippen LogP contribution < -0.4 is 0 Å². The minimum atomic E-state index is -0.433. The molecule has 0 radical (unpaired) electrons. The predicted octanol–water partition coefficient (Wildman–Crippen LogP) is 4.40. The zero-order chi connectivity index (χ0) is 12.4. The summed E-state index contributed by atoms with van der Waals surface area (Å²) in [7, 11) is 0. The Bertz CT molecular complexity index is 519. The van der Waals surface area contributed by atoms with E-state index >= 15 is 0 Å². The second kappa shape index (κ2) is 5.34. The molecule has 0 bridgehead atoms. The first-order valence-corrected chi connectivity index (χ1v) is 7.27. The summed E-state index contributed by atoms with van der Waals surface area (Å²) in [6, 6.07) is 6.35. The van der Waals surface area contributed by atoms with Crippen LogP contribution in [0.2, 0.25) is 0 Å². The van der Waals surface area contributed by atoms with E-state index in [1.165, 1.54) is 16.7 Å². The summed E-state index contributed by atoms with van der Waals surface area (Å²) >= 11 is 5.06. The van der Waals surface area contributed by atoms with Crippen molar-refractivity contribution in [1.29, 1.82) is 0 Å². The molecule has 1 unspecified atom stereocenters. The third-order valence-electron chi connectivity index (χ3n) is 3.00. The van der Waals surface area contributed by atoms with E-state index in [9.17, 15) is 5.11 Å². The summed E-state index contributed by atoms with van der Waals surface area (Å²) in [5.41, 5.74) is 4.73. The molecule has 1 aromatic carbocycles. The van der Waals surface area contributed by atoms with Crippen LogP contribution in [-0.2, 0) is 6.42 Å². The van der Waals surface area contributed by atoms with Gasteiger partial charge in [-0.3, -0.25) is 0 Å². The van der Waals surface area contributed by atoms with Crippen molar-refractivity contribution in [3.05, 3.63) is 55.7 Å². The zero-order valence-corrected chi connectivity index (χ0v) is 12.3. The number of aliphatic hydroxyl groups excluding tert-OH is 1. The molecule has 2 aromatic rings. The van der Waals surface area contributed by atoms with Crippen molar-refractivity contribution in [2.45, 2.75) is 26.4 Å². The first-order valence-electron chi connectivity index (χ1n) is 5.53. The van der Waals surface area contributed by atoms with Gasteiger partial charge in [-0.1, -0.05) is 18.2 Å². The van der Waals surface area contributed by atoms with E-state index in [4.69, 9.17) is 0 Å². The number of benzene rings is 1. The molecule has 3 heteroatoms. The number of aliphatic hydroxyl groups is 1. The van der Waals surface area contributed by atoms with Crippen LogP contribution in [0.1, 0.15) is 28.4 Å². The SMILES string of the molecule is Cc1ccc(CC(O)c2cscc2Br)cc1C. The second-order valence-corrected chi connectivity index (χ2v) is 5.91. The van der Waals surface area contributed by atoms with E-state index < -0.39 is 6.10 Å². The van der Waals surface area contributed by atoms with Crippen LogP contribution in [0.4, 0.5) is 0 Å². The molecule has 0 fully saturated rings. The van der Waals surface area contributed by atoms with Crippen molar-refractivity contribution in [2.24, 2.45) is 0 Å². The number of thiophene rings is 1. The van der Waals surface area contributed by atoms with Gasteiger partial charge in [0, 0.05) is 21.8 Å². The van der Waals surface area contributed by atoms with Gasteiger partial charge in [0.25, 0.3) is 0 Å². The molecule has 1 heterocycles. The fourth-order valence-corrected chi connectivity index (χ4v) is 3.40. The summed E-state index contributed by atoms with van der Waals surface area (Å²) in [5.74, 6) is 0. The van der Waals surface area contributed by atoms with Crippen LogP contribution in [0.25, 0.3) is 0 Å². The number of aryl methyl sites for hydroxylation is 2. The highest BCUT2D eigenvalue weighted by atomic mass is 79.9. The number of hydrogen-bond acceptors (Lipinski definition) is 2. The lowest BCUT2D eigenvalue weighted by Crippen LogP contribution is -2.01. The van der Waals surface area contributed by atoms with Gasteiger partial charge < -0.3 is 5.11 Å². The highest BCUT2D eigenvalue weighted by Gasteiger charge is 2.13. The van der Waals surface area contributed by atoms with E-state index in [-0.39, 0.29) is 0 Å². The lowest BCUT2D eigenvalue weighted by Gasteiger charge is -2.11. The summed E-state index contributed by atoms with van der Waals surface area (Å²) in [5, 5.41) is 14.2. The maximum atomic E-state index is 10.2. The Hall–Kier alpha value is -0.640. The molecule has 1 N–H and O–H groups in total. The van der Waals surface area contributed by atoms with Crippen LogP contribution in [0.15, 0.2) is 33.4 Å². The van der Waals surface area contributed by atoms with E-state index in [0.29, 0.717) is 6.42 Å². The summed E-state index contributed by atoms with van der Waals surface area (Å²) in [6.45, 7) is 4.21. The molecule has 1 aromatic heterocycles. The second-order valence-electron chi connectivity index (χ2n) is 4.31. The Morgan fingerprint density at radius 3 is 2.59 bits per heavy atom. The lowest BCUT2D eigenvalue weighted by atomic mass is 10.00. The van der Waals surface area contributed by atoms with Gasteiger partial charge in [-0.15, -0.1) is 0 Å². The third kappa shape index (κ3) is 2.97. The van der Waals surface area contributed by atoms with Crippen LogP contribution in [0.3, 0.4) is 0 Å². The molecular weight excluding hydrogens is 296 g/mol. The Morgan fingerprint density at radius 1 is 1.24 bits per heavy atom. The standard InChI is InChI=1S/C14H15BrOS/c1-9-3-4-11(5-10(9)2)6-14(16)12-7-17-8-13(12)15/h3-5,7-8,14,16H,6H2,1-2H3. The molecule has 0 spiro atoms. The monoisotopic (exact) mass is 310 g/mol. The highest BCUT2D eigenvalue weighted by Crippen LogP contribution is 2.29. The summed E-state index contributed by atoms with van der Waals surface area (Å²) < 4.78 is 0.999.